The van der Waals surface area contributed by atoms with E-state index < -0.39 is 6.04 Å². The SMILES string of the molecule is CCOCCCNC(=O)[C@H](C)N(Cc1ccc(Cl)cc1)C(C)=O. The molecular weight excluding hydrogens is 316 g/mol. The molecule has 0 aliphatic carbocycles. The molecule has 6 heteroatoms. The zero-order valence-corrected chi connectivity index (χ0v) is 14.7. The van der Waals surface area contributed by atoms with E-state index in [1.54, 1.807) is 24.0 Å². The summed E-state index contributed by atoms with van der Waals surface area (Å²) in [6.07, 6.45) is 0.754. The van der Waals surface area contributed by atoms with Gasteiger partial charge in [-0.05, 0) is 38.0 Å². The minimum atomic E-state index is -0.532. The molecule has 0 saturated heterocycles. The smallest absolute Gasteiger partial charge is 0.242 e. The molecule has 0 fully saturated rings. The first-order valence-corrected chi connectivity index (χ1v) is 8.20. The number of halogens is 1. The first-order chi connectivity index (χ1) is 11.0. The van der Waals surface area contributed by atoms with Crippen molar-refractivity contribution in [2.75, 3.05) is 19.8 Å². The Morgan fingerprint density at radius 3 is 2.52 bits per heavy atom. The fourth-order valence-corrected chi connectivity index (χ4v) is 2.25. The average Bonchev–Trinajstić information content (AvgIpc) is 2.53. The van der Waals surface area contributed by atoms with E-state index in [-0.39, 0.29) is 11.8 Å². The highest BCUT2D eigenvalue weighted by Gasteiger charge is 2.23. The van der Waals surface area contributed by atoms with Crippen molar-refractivity contribution >= 4 is 23.4 Å². The zero-order chi connectivity index (χ0) is 17.2. The van der Waals surface area contributed by atoms with Crippen LogP contribution in [0.15, 0.2) is 24.3 Å². The third-order valence-electron chi connectivity index (χ3n) is 3.49. The van der Waals surface area contributed by atoms with Gasteiger partial charge >= 0.3 is 0 Å². The number of carbonyl (C=O) groups excluding carboxylic acids is 2. The Kier molecular flexibility index (Phi) is 8.66. The van der Waals surface area contributed by atoms with Crippen molar-refractivity contribution in [3.63, 3.8) is 0 Å². The van der Waals surface area contributed by atoms with Crippen LogP contribution in [0.5, 0.6) is 0 Å². The number of hydrogen-bond donors (Lipinski definition) is 1. The van der Waals surface area contributed by atoms with Crippen LogP contribution in [0.1, 0.15) is 32.8 Å². The van der Waals surface area contributed by atoms with Gasteiger partial charge in [0.15, 0.2) is 0 Å². The Bertz CT molecular complexity index is 505. The van der Waals surface area contributed by atoms with Gasteiger partial charge in [-0.1, -0.05) is 23.7 Å². The third kappa shape index (κ3) is 7.01. The highest BCUT2D eigenvalue weighted by atomic mass is 35.5. The number of amides is 2. The lowest BCUT2D eigenvalue weighted by molar-refractivity contribution is -0.139. The third-order valence-corrected chi connectivity index (χ3v) is 3.74. The van der Waals surface area contributed by atoms with Crippen LogP contribution in [0.2, 0.25) is 5.02 Å². The second-order valence-corrected chi connectivity index (χ2v) is 5.73. The van der Waals surface area contributed by atoms with Crippen molar-refractivity contribution in [3.8, 4) is 0 Å². The average molecular weight is 341 g/mol. The summed E-state index contributed by atoms with van der Waals surface area (Å²) in [5.41, 5.74) is 0.931. The number of benzene rings is 1. The van der Waals surface area contributed by atoms with Crippen molar-refractivity contribution in [2.24, 2.45) is 0 Å². The van der Waals surface area contributed by atoms with E-state index in [0.29, 0.717) is 31.3 Å². The largest absolute Gasteiger partial charge is 0.382 e. The molecule has 1 aromatic carbocycles. The van der Waals surface area contributed by atoms with Gasteiger partial charge in [-0.2, -0.15) is 0 Å². The molecule has 0 aliphatic heterocycles. The fourth-order valence-electron chi connectivity index (χ4n) is 2.13. The number of carbonyl (C=O) groups is 2. The molecule has 0 aliphatic rings. The molecule has 0 bridgehead atoms. The van der Waals surface area contributed by atoms with Crippen LogP contribution < -0.4 is 5.32 Å². The van der Waals surface area contributed by atoms with Gasteiger partial charge in [0.05, 0.1) is 0 Å². The molecule has 0 radical (unpaired) electrons. The van der Waals surface area contributed by atoms with Crippen LogP contribution in [0.3, 0.4) is 0 Å². The fraction of sp³-hybridized carbons (Fsp3) is 0.529. The molecule has 128 valence electrons. The summed E-state index contributed by atoms with van der Waals surface area (Å²) in [4.78, 5) is 25.6. The van der Waals surface area contributed by atoms with Gasteiger partial charge < -0.3 is 15.0 Å². The van der Waals surface area contributed by atoms with E-state index >= 15 is 0 Å². The summed E-state index contributed by atoms with van der Waals surface area (Å²) in [5.74, 6) is -0.303. The van der Waals surface area contributed by atoms with Crippen molar-refractivity contribution < 1.29 is 14.3 Å². The maximum atomic E-state index is 12.2. The molecule has 0 aromatic heterocycles. The predicted octanol–water partition coefficient (Wildman–Crippen LogP) is 2.62. The summed E-state index contributed by atoms with van der Waals surface area (Å²) in [5, 5.41) is 3.48. The summed E-state index contributed by atoms with van der Waals surface area (Å²) < 4.78 is 5.22. The van der Waals surface area contributed by atoms with Crippen LogP contribution >= 0.6 is 11.6 Å². The maximum absolute atomic E-state index is 12.2. The van der Waals surface area contributed by atoms with E-state index in [0.717, 1.165) is 12.0 Å². The van der Waals surface area contributed by atoms with E-state index in [1.165, 1.54) is 6.92 Å². The molecule has 0 unspecified atom stereocenters. The molecular formula is C17H25ClN2O3. The molecule has 1 N–H and O–H groups in total. The standard InChI is InChI=1S/C17H25ClN2O3/c1-4-23-11-5-10-19-17(22)13(2)20(14(3)21)12-15-6-8-16(18)9-7-15/h6-9,13H,4-5,10-12H2,1-3H3,(H,19,22)/t13-/m0/s1. The molecule has 0 heterocycles. The van der Waals surface area contributed by atoms with Gasteiger partial charge in [0.2, 0.25) is 11.8 Å². The normalized spacial score (nSPS) is 11.8. The number of hydrogen-bond acceptors (Lipinski definition) is 3. The van der Waals surface area contributed by atoms with E-state index in [1.807, 2.05) is 19.1 Å². The Morgan fingerprint density at radius 2 is 1.96 bits per heavy atom. The summed E-state index contributed by atoms with van der Waals surface area (Å²) >= 11 is 5.86. The zero-order valence-electron chi connectivity index (χ0n) is 14.0. The van der Waals surface area contributed by atoms with Crippen LogP contribution in [0.25, 0.3) is 0 Å². The Hall–Kier alpha value is -1.59. The minimum Gasteiger partial charge on any atom is -0.382 e. The summed E-state index contributed by atoms with van der Waals surface area (Å²) in [6, 6.07) is 6.72. The second-order valence-electron chi connectivity index (χ2n) is 5.29. The summed E-state index contributed by atoms with van der Waals surface area (Å²) in [7, 11) is 0. The van der Waals surface area contributed by atoms with Gasteiger partial charge in [0, 0.05) is 38.2 Å². The monoisotopic (exact) mass is 340 g/mol. The van der Waals surface area contributed by atoms with E-state index in [4.69, 9.17) is 16.3 Å². The van der Waals surface area contributed by atoms with Crippen LogP contribution in [-0.2, 0) is 20.9 Å². The number of nitrogens with one attached hydrogen (secondary N) is 1. The van der Waals surface area contributed by atoms with Crippen LogP contribution in [-0.4, -0.2) is 42.5 Å². The van der Waals surface area contributed by atoms with E-state index in [2.05, 4.69) is 5.32 Å². The quantitative estimate of drug-likeness (QED) is 0.703. The first kappa shape index (κ1) is 19.5. The van der Waals surface area contributed by atoms with Gasteiger partial charge in [-0.25, -0.2) is 0 Å². The van der Waals surface area contributed by atoms with Crippen molar-refractivity contribution in [3.05, 3.63) is 34.9 Å². The highest BCUT2D eigenvalue weighted by Crippen LogP contribution is 2.13. The number of nitrogens with zero attached hydrogens (tertiary/aromatic N) is 1. The summed E-state index contributed by atoms with van der Waals surface area (Å²) in [6.45, 7) is 7.33. The maximum Gasteiger partial charge on any atom is 0.242 e. The Balaban J connectivity index is 2.56. The molecule has 2 amide bonds. The first-order valence-electron chi connectivity index (χ1n) is 7.82. The predicted molar refractivity (Wildman–Crippen MR) is 91.3 cm³/mol. The van der Waals surface area contributed by atoms with E-state index in [9.17, 15) is 9.59 Å². The van der Waals surface area contributed by atoms with Crippen molar-refractivity contribution in [2.45, 2.75) is 39.8 Å². The van der Waals surface area contributed by atoms with Crippen LogP contribution in [0, 0.1) is 0 Å². The van der Waals surface area contributed by atoms with Gasteiger partial charge in [-0.3, -0.25) is 9.59 Å². The van der Waals surface area contributed by atoms with Gasteiger partial charge in [0.1, 0.15) is 6.04 Å². The van der Waals surface area contributed by atoms with Gasteiger partial charge in [-0.15, -0.1) is 0 Å². The molecule has 0 spiro atoms. The molecule has 1 aromatic rings. The van der Waals surface area contributed by atoms with Crippen molar-refractivity contribution in [1.82, 2.24) is 10.2 Å². The van der Waals surface area contributed by atoms with Crippen molar-refractivity contribution in [1.29, 1.82) is 0 Å². The number of ether oxygens (including phenoxy) is 1. The lowest BCUT2D eigenvalue weighted by Gasteiger charge is -2.27. The molecule has 1 rings (SSSR count). The highest BCUT2D eigenvalue weighted by molar-refractivity contribution is 6.30. The molecule has 5 nitrogen and oxygen atoms in total. The number of rotatable bonds is 9. The van der Waals surface area contributed by atoms with Crippen LogP contribution in [0.4, 0.5) is 0 Å². The molecule has 1 atom stereocenters. The lowest BCUT2D eigenvalue weighted by atomic mass is 10.1. The second kappa shape index (κ2) is 10.2. The van der Waals surface area contributed by atoms with Gasteiger partial charge in [0.25, 0.3) is 0 Å². The minimum absolute atomic E-state index is 0.142. The Labute approximate surface area is 142 Å². The molecule has 23 heavy (non-hydrogen) atoms. The topological polar surface area (TPSA) is 58.6 Å². The lowest BCUT2D eigenvalue weighted by Crippen LogP contribution is -2.47. The molecule has 0 saturated carbocycles. The Morgan fingerprint density at radius 1 is 1.30 bits per heavy atom.